The molecular weight excluding hydrogens is 350 g/mol. The zero-order chi connectivity index (χ0) is 18.6. The minimum absolute atomic E-state index is 0.247. The number of sulfonamides is 1. The number of halogens is 2. The molecule has 0 bridgehead atoms. The molecule has 2 aromatic carbocycles. The summed E-state index contributed by atoms with van der Waals surface area (Å²) in [7, 11) is -2.57. The summed E-state index contributed by atoms with van der Waals surface area (Å²) in [5, 5.41) is 0. The zero-order valence-electron chi connectivity index (χ0n) is 13.8. The van der Waals surface area contributed by atoms with Gasteiger partial charge in [-0.1, -0.05) is 36.4 Å². The normalized spacial score (nSPS) is 11.2. The number of benzene rings is 2. The Morgan fingerprint density at radius 2 is 1.56 bits per heavy atom. The fourth-order valence-electron chi connectivity index (χ4n) is 2.28. The minimum atomic E-state index is -4.06. The van der Waals surface area contributed by atoms with Crippen LogP contribution in [-0.4, -0.2) is 39.1 Å². The van der Waals surface area contributed by atoms with Crippen LogP contribution in [0.25, 0.3) is 0 Å². The summed E-state index contributed by atoms with van der Waals surface area (Å²) in [6, 6.07) is 12.1. The van der Waals surface area contributed by atoms with Crippen LogP contribution in [0.4, 0.5) is 14.5 Å². The van der Waals surface area contributed by atoms with E-state index in [1.54, 1.807) is 0 Å². The molecule has 0 aliphatic heterocycles. The summed E-state index contributed by atoms with van der Waals surface area (Å²) >= 11 is 0. The number of likely N-dealkylation sites (N-methyl/N-ethyl adjacent to an activating group) is 1. The second-order valence-corrected chi connectivity index (χ2v) is 7.48. The van der Waals surface area contributed by atoms with E-state index < -0.39 is 39.8 Å². The average molecular weight is 368 g/mol. The Labute approximate surface area is 145 Å². The number of anilines is 1. The van der Waals surface area contributed by atoms with Gasteiger partial charge in [0.1, 0.15) is 12.2 Å². The fourth-order valence-corrected chi connectivity index (χ4v) is 3.13. The molecule has 0 saturated heterocycles. The Hall–Kier alpha value is -2.48. The molecule has 2 rings (SSSR count). The summed E-state index contributed by atoms with van der Waals surface area (Å²) in [4.78, 5) is 13.7. The van der Waals surface area contributed by atoms with E-state index in [9.17, 15) is 22.0 Å². The topological polar surface area (TPSA) is 57.7 Å². The summed E-state index contributed by atoms with van der Waals surface area (Å²) in [6.45, 7) is -0.447. The Balaban J connectivity index is 2.25. The molecule has 0 aliphatic rings. The standard InChI is InChI=1S/C17H18F2N2O3S/c1-20(11-13-7-4-3-5-8-13)16(22)12-21(25(2,23)24)17-14(18)9-6-10-15(17)19/h3-10H,11-12H2,1-2H3. The molecule has 0 aliphatic carbocycles. The largest absolute Gasteiger partial charge is 0.340 e. The molecule has 0 atom stereocenters. The molecule has 1 amide bonds. The van der Waals surface area contributed by atoms with Gasteiger partial charge in [-0.25, -0.2) is 17.2 Å². The second kappa shape index (κ2) is 7.60. The highest BCUT2D eigenvalue weighted by Crippen LogP contribution is 2.25. The molecule has 0 heterocycles. The van der Waals surface area contributed by atoms with Gasteiger partial charge in [-0.2, -0.15) is 0 Å². The van der Waals surface area contributed by atoms with Crippen molar-refractivity contribution in [3.63, 3.8) is 0 Å². The van der Waals surface area contributed by atoms with E-state index >= 15 is 0 Å². The van der Waals surface area contributed by atoms with Gasteiger partial charge in [0.2, 0.25) is 15.9 Å². The zero-order valence-corrected chi connectivity index (χ0v) is 14.6. The van der Waals surface area contributed by atoms with Crippen molar-refractivity contribution in [2.75, 3.05) is 24.2 Å². The number of hydrogen-bond donors (Lipinski definition) is 0. The smallest absolute Gasteiger partial charge is 0.243 e. The van der Waals surface area contributed by atoms with Crippen LogP contribution in [0.1, 0.15) is 5.56 Å². The Morgan fingerprint density at radius 1 is 1.00 bits per heavy atom. The van der Waals surface area contributed by atoms with Crippen molar-refractivity contribution in [3.05, 3.63) is 65.7 Å². The van der Waals surface area contributed by atoms with Crippen molar-refractivity contribution in [3.8, 4) is 0 Å². The lowest BCUT2D eigenvalue weighted by Gasteiger charge is -2.25. The van der Waals surface area contributed by atoms with E-state index in [1.807, 2.05) is 30.3 Å². The molecule has 0 fully saturated rings. The van der Waals surface area contributed by atoms with Gasteiger partial charge in [-0.15, -0.1) is 0 Å². The SMILES string of the molecule is CN(Cc1ccccc1)C(=O)CN(c1c(F)cccc1F)S(C)(=O)=O. The first-order valence-corrected chi connectivity index (χ1v) is 9.24. The highest BCUT2D eigenvalue weighted by molar-refractivity contribution is 7.92. The first kappa shape index (κ1) is 18.9. The van der Waals surface area contributed by atoms with Gasteiger partial charge >= 0.3 is 0 Å². The van der Waals surface area contributed by atoms with Crippen molar-refractivity contribution in [2.24, 2.45) is 0 Å². The highest BCUT2D eigenvalue weighted by atomic mass is 32.2. The number of para-hydroxylation sites is 1. The number of amides is 1. The van der Waals surface area contributed by atoms with E-state index in [4.69, 9.17) is 0 Å². The van der Waals surface area contributed by atoms with Gasteiger partial charge < -0.3 is 4.90 Å². The van der Waals surface area contributed by atoms with Crippen molar-refractivity contribution in [1.29, 1.82) is 0 Å². The number of nitrogens with zero attached hydrogens (tertiary/aromatic N) is 2. The maximum Gasteiger partial charge on any atom is 0.243 e. The van der Waals surface area contributed by atoms with E-state index in [0.29, 0.717) is 4.31 Å². The summed E-state index contributed by atoms with van der Waals surface area (Å²) in [5.74, 6) is -2.69. The van der Waals surface area contributed by atoms with Gasteiger partial charge in [0.05, 0.1) is 6.26 Å². The molecule has 134 valence electrons. The first-order valence-electron chi connectivity index (χ1n) is 7.39. The van der Waals surface area contributed by atoms with Gasteiger partial charge in [-0.05, 0) is 17.7 Å². The van der Waals surface area contributed by atoms with Crippen molar-refractivity contribution >= 4 is 21.6 Å². The quantitative estimate of drug-likeness (QED) is 0.787. The molecule has 0 saturated carbocycles. The third-order valence-corrected chi connectivity index (χ3v) is 4.67. The van der Waals surface area contributed by atoms with Crippen LogP contribution in [0.5, 0.6) is 0 Å². The molecule has 0 radical (unpaired) electrons. The maximum atomic E-state index is 14.0. The van der Waals surface area contributed by atoms with E-state index in [2.05, 4.69) is 0 Å². The van der Waals surface area contributed by atoms with E-state index in [-0.39, 0.29) is 6.54 Å². The lowest BCUT2D eigenvalue weighted by molar-refractivity contribution is -0.128. The first-order chi connectivity index (χ1) is 11.7. The number of rotatable bonds is 6. The lowest BCUT2D eigenvalue weighted by atomic mass is 10.2. The van der Waals surface area contributed by atoms with E-state index in [1.165, 1.54) is 11.9 Å². The Kier molecular flexibility index (Phi) is 5.73. The molecule has 0 aromatic heterocycles. The Morgan fingerprint density at radius 3 is 2.08 bits per heavy atom. The number of carbonyl (C=O) groups excluding carboxylic acids is 1. The van der Waals surface area contributed by atoms with Crippen LogP contribution in [0.2, 0.25) is 0 Å². The van der Waals surface area contributed by atoms with Crippen LogP contribution in [-0.2, 0) is 21.4 Å². The molecule has 2 aromatic rings. The predicted octanol–water partition coefficient (Wildman–Crippen LogP) is 2.39. The number of hydrogen-bond acceptors (Lipinski definition) is 3. The van der Waals surface area contributed by atoms with Crippen LogP contribution in [0.15, 0.2) is 48.5 Å². The number of carbonyl (C=O) groups is 1. The summed E-state index contributed by atoms with van der Waals surface area (Å²) < 4.78 is 52.3. The van der Waals surface area contributed by atoms with Crippen molar-refractivity contribution in [1.82, 2.24) is 4.90 Å². The monoisotopic (exact) mass is 368 g/mol. The van der Waals surface area contributed by atoms with Crippen molar-refractivity contribution < 1.29 is 22.0 Å². The third-order valence-electron chi connectivity index (χ3n) is 3.55. The average Bonchev–Trinajstić information content (AvgIpc) is 2.53. The molecule has 5 nitrogen and oxygen atoms in total. The van der Waals surface area contributed by atoms with Crippen LogP contribution in [0, 0.1) is 11.6 Å². The van der Waals surface area contributed by atoms with Crippen LogP contribution < -0.4 is 4.31 Å². The molecular formula is C17H18F2N2O3S. The lowest BCUT2D eigenvalue weighted by Crippen LogP contribution is -2.41. The summed E-state index contributed by atoms with van der Waals surface area (Å²) in [5.41, 5.74) is 0.0905. The van der Waals surface area contributed by atoms with Gasteiger partial charge in [-0.3, -0.25) is 9.10 Å². The molecule has 0 spiro atoms. The predicted molar refractivity (Wildman–Crippen MR) is 91.5 cm³/mol. The second-order valence-electron chi connectivity index (χ2n) is 5.58. The maximum absolute atomic E-state index is 14.0. The third kappa shape index (κ3) is 4.76. The molecule has 0 unspecified atom stereocenters. The van der Waals surface area contributed by atoms with Gasteiger partial charge in [0, 0.05) is 13.6 Å². The van der Waals surface area contributed by atoms with Gasteiger partial charge in [0.25, 0.3) is 0 Å². The highest BCUT2D eigenvalue weighted by Gasteiger charge is 2.27. The molecule has 8 heteroatoms. The summed E-state index contributed by atoms with van der Waals surface area (Å²) in [6.07, 6.45) is 0.795. The van der Waals surface area contributed by atoms with Crippen LogP contribution >= 0.6 is 0 Å². The van der Waals surface area contributed by atoms with E-state index in [0.717, 1.165) is 30.0 Å². The Bertz CT molecular complexity index is 837. The molecule has 0 N–H and O–H groups in total. The minimum Gasteiger partial charge on any atom is -0.340 e. The molecule has 25 heavy (non-hydrogen) atoms. The fraction of sp³-hybridized carbons (Fsp3) is 0.235. The van der Waals surface area contributed by atoms with Crippen molar-refractivity contribution in [2.45, 2.75) is 6.54 Å². The van der Waals surface area contributed by atoms with Crippen LogP contribution in [0.3, 0.4) is 0 Å². The van der Waals surface area contributed by atoms with Gasteiger partial charge in [0.15, 0.2) is 11.6 Å².